The van der Waals surface area contributed by atoms with Crippen molar-refractivity contribution in [1.29, 1.82) is 0 Å². The molecular formula is C15H21FN2O7S. The average Bonchev–Trinajstić information content (AvgIpc) is 2.95. The van der Waals surface area contributed by atoms with Gasteiger partial charge in [-0.2, -0.15) is 0 Å². The molecule has 9 nitrogen and oxygen atoms in total. The molecule has 11 heteroatoms. The van der Waals surface area contributed by atoms with Crippen LogP contribution in [0.15, 0.2) is 4.99 Å². The van der Waals surface area contributed by atoms with Crippen molar-refractivity contribution in [3.05, 3.63) is 0 Å². The van der Waals surface area contributed by atoms with Gasteiger partial charge in [-0.15, -0.1) is 0 Å². The van der Waals surface area contributed by atoms with E-state index in [1.165, 1.54) is 32.5 Å². The number of alkyl halides is 1. The third-order valence-electron chi connectivity index (χ3n) is 3.53. The molecule has 5 atom stereocenters. The Bertz CT molecular complexity index is 588. The summed E-state index contributed by atoms with van der Waals surface area (Å²) in [5, 5.41) is 3.24. The Hall–Kier alpha value is -1.88. The number of halogens is 1. The highest BCUT2D eigenvalue weighted by molar-refractivity contribution is 8.14. The normalized spacial score (nSPS) is 30.0. The van der Waals surface area contributed by atoms with Crippen molar-refractivity contribution in [2.24, 2.45) is 4.99 Å². The number of aliphatic imine (C=N–C) groups is 1. The summed E-state index contributed by atoms with van der Waals surface area (Å²) in [5.74, 6) is -1.71. The van der Waals surface area contributed by atoms with Gasteiger partial charge in [0.05, 0.1) is 0 Å². The van der Waals surface area contributed by atoms with E-state index in [0.717, 1.165) is 0 Å². The van der Waals surface area contributed by atoms with Crippen LogP contribution in [0.5, 0.6) is 0 Å². The molecule has 0 amide bonds. The molecular weight excluding hydrogens is 371 g/mol. The molecule has 0 aromatic rings. The minimum atomic E-state index is -0.998. The summed E-state index contributed by atoms with van der Waals surface area (Å²) in [4.78, 5) is 38.6. The lowest BCUT2D eigenvalue weighted by Crippen LogP contribution is -2.59. The topological polar surface area (TPSA) is 113 Å². The highest BCUT2D eigenvalue weighted by atomic mass is 32.2. The third-order valence-corrected chi connectivity index (χ3v) is 4.63. The van der Waals surface area contributed by atoms with Crippen LogP contribution in [-0.4, -0.2) is 72.7 Å². The Morgan fingerprint density at radius 2 is 1.81 bits per heavy atom. The number of esters is 3. The van der Waals surface area contributed by atoms with Crippen LogP contribution in [0.3, 0.4) is 0 Å². The molecule has 1 saturated heterocycles. The molecule has 0 aliphatic carbocycles. The summed E-state index contributed by atoms with van der Waals surface area (Å²) in [6.07, 6.45) is -2.76. The molecule has 0 unspecified atom stereocenters. The first-order valence-electron chi connectivity index (χ1n) is 7.99. The van der Waals surface area contributed by atoms with Crippen molar-refractivity contribution < 1.29 is 37.7 Å². The van der Waals surface area contributed by atoms with Crippen molar-refractivity contribution in [1.82, 2.24) is 5.32 Å². The average molecular weight is 392 g/mol. The van der Waals surface area contributed by atoms with E-state index in [1.54, 1.807) is 0 Å². The fraction of sp³-hybridized carbons (Fsp3) is 0.733. The van der Waals surface area contributed by atoms with Gasteiger partial charge in [-0.1, -0.05) is 11.8 Å². The van der Waals surface area contributed by atoms with E-state index in [-0.39, 0.29) is 13.2 Å². The molecule has 2 aliphatic heterocycles. The Balaban J connectivity index is 2.25. The van der Waals surface area contributed by atoms with Gasteiger partial charge in [0, 0.05) is 27.3 Å². The fourth-order valence-corrected chi connectivity index (χ4v) is 3.78. The van der Waals surface area contributed by atoms with E-state index in [4.69, 9.17) is 18.9 Å². The van der Waals surface area contributed by atoms with Crippen molar-refractivity contribution in [3.8, 4) is 0 Å². The molecule has 0 spiro atoms. The van der Waals surface area contributed by atoms with E-state index in [0.29, 0.717) is 5.17 Å². The van der Waals surface area contributed by atoms with Crippen LogP contribution in [-0.2, 0) is 33.3 Å². The zero-order valence-electron chi connectivity index (χ0n) is 14.6. The maximum absolute atomic E-state index is 12.4. The summed E-state index contributed by atoms with van der Waals surface area (Å²) in [6, 6.07) is -0.649. The summed E-state index contributed by atoms with van der Waals surface area (Å²) < 4.78 is 33.9. The molecule has 0 aromatic carbocycles. The first kappa shape index (κ1) is 20.4. The van der Waals surface area contributed by atoms with Gasteiger partial charge in [0.1, 0.15) is 30.9 Å². The van der Waals surface area contributed by atoms with Crippen molar-refractivity contribution >= 4 is 34.8 Å². The summed E-state index contributed by atoms with van der Waals surface area (Å²) >= 11 is 1.20. The van der Waals surface area contributed by atoms with Crippen LogP contribution in [0, 0.1) is 0 Å². The Kier molecular flexibility index (Phi) is 7.21. The molecule has 26 heavy (non-hydrogen) atoms. The van der Waals surface area contributed by atoms with Crippen LogP contribution in [0.2, 0.25) is 0 Å². The highest BCUT2D eigenvalue weighted by Gasteiger charge is 2.53. The minimum Gasteiger partial charge on any atom is -0.463 e. The maximum Gasteiger partial charge on any atom is 0.303 e. The van der Waals surface area contributed by atoms with E-state index in [2.05, 4.69) is 10.3 Å². The van der Waals surface area contributed by atoms with Crippen LogP contribution in [0.4, 0.5) is 4.39 Å². The molecule has 0 saturated carbocycles. The largest absolute Gasteiger partial charge is 0.463 e. The molecule has 0 radical (unpaired) electrons. The standard InChI is InChI=1S/C15H21FN2O7S/c1-7(19)22-6-10-12(23-8(2)20)13(24-9(3)21)11-14(25-10)26-15(18-11)17-5-4-16/h10-14H,4-6H2,1-3H3,(H,17,18)/t10-,11-,12-,13-,14-/m1/s1. The number of thioether (sulfide) groups is 1. The molecule has 2 rings (SSSR count). The molecule has 0 aromatic heterocycles. The van der Waals surface area contributed by atoms with Gasteiger partial charge in [0.15, 0.2) is 17.4 Å². The van der Waals surface area contributed by atoms with E-state index >= 15 is 0 Å². The number of fused-ring (bicyclic) bond motifs is 1. The number of carbonyl (C=O) groups excluding carboxylic acids is 3. The Labute approximate surface area is 154 Å². The second-order valence-electron chi connectivity index (χ2n) is 5.65. The number of ether oxygens (including phenoxy) is 4. The molecule has 1 N–H and O–H groups in total. The molecule has 146 valence electrons. The second-order valence-corrected chi connectivity index (χ2v) is 6.74. The van der Waals surface area contributed by atoms with Gasteiger partial charge in [-0.25, -0.2) is 4.39 Å². The van der Waals surface area contributed by atoms with Crippen LogP contribution >= 0.6 is 11.8 Å². The van der Waals surface area contributed by atoms with Gasteiger partial charge in [0.25, 0.3) is 0 Å². The number of nitrogens with one attached hydrogen (secondary N) is 1. The number of carbonyl (C=O) groups is 3. The van der Waals surface area contributed by atoms with E-state index < -0.39 is 54.4 Å². The zero-order chi connectivity index (χ0) is 19.3. The zero-order valence-corrected chi connectivity index (χ0v) is 15.4. The monoisotopic (exact) mass is 392 g/mol. The smallest absolute Gasteiger partial charge is 0.303 e. The van der Waals surface area contributed by atoms with Crippen LogP contribution < -0.4 is 5.32 Å². The predicted octanol–water partition coefficient (Wildman–Crippen LogP) is 0.168. The van der Waals surface area contributed by atoms with Crippen LogP contribution in [0.25, 0.3) is 0 Å². The summed E-state index contributed by atoms with van der Waals surface area (Å²) in [5.41, 5.74) is -0.561. The minimum absolute atomic E-state index is 0.0771. The number of nitrogens with zero attached hydrogens (tertiary/aromatic N) is 1. The SMILES string of the molecule is CC(=O)OC[C@H]1O[C@@H]2SC(NCCF)=N[C@@H]2[C@@H](OC(C)=O)[C@@H]1OC(C)=O. The lowest BCUT2D eigenvalue weighted by Gasteiger charge is -2.41. The molecule has 2 aliphatic rings. The van der Waals surface area contributed by atoms with Gasteiger partial charge < -0.3 is 24.3 Å². The predicted molar refractivity (Wildman–Crippen MR) is 89.2 cm³/mol. The van der Waals surface area contributed by atoms with Crippen LogP contribution in [0.1, 0.15) is 20.8 Å². The van der Waals surface area contributed by atoms with Gasteiger partial charge >= 0.3 is 17.9 Å². The molecule has 1 fully saturated rings. The highest BCUT2D eigenvalue weighted by Crippen LogP contribution is 2.38. The lowest BCUT2D eigenvalue weighted by atomic mass is 9.98. The first-order chi connectivity index (χ1) is 12.3. The molecule has 2 heterocycles. The maximum atomic E-state index is 12.4. The lowest BCUT2D eigenvalue weighted by molar-refractivity contribution is -0.208. The number of amidine groups is 1. The number of hydrogen-bond acceptors (Lipinski definition) is 10. The van der Waals surface area contributed by atoms with Gasteiger partial charge in [0.2, 0.25) is 0 Å². The van der Waals surface area contributed by atoms with Crippen molar-refractivity contribution in [2.75, 3.05) is 19.8 Å². The number of rotatable bonds is 6. The van der Waals surface area contributed by atoms with Gasteiger partial charge in [-0.3, -0.25) is 19.4 Å². The fourth-order valence-electron chi connectivity index (χ4n) is 2.64. The Morgan fingerprint density at radius 1 is 1.15 bits per heavy atom. The first-order valence-corrected chi connectivity index (χ1v) is 8.87. The molecule has 0 bridgehead atoms. The summed E-state index contributed by atoms with van der Waals surface area (Å²) in [7, 11) is 0. The quantitative estimate of drug-likeness (QED) is 0.499. The Morgan fingerprint density at radius 3 is 2.38 bits per heavy atom. The van der Waals surface area contributed by atoms with E-state index in [1.807, 2.05) is 0 Å². The number of hydrogen-bond donors (Lipinski definition) is 1. The van der Waals surface area contributed by atoms with Crippen molar-refractivity contribution in [2.45, 2.75) is 50.6 Å². The summed E-state index contributed by atoms with van der Waals surface area (Å²) in [6.45, 7) is 3.00. The second kappa shape index (κ2) is 9.17. The van der Waals surface area contributed by atoms with E-state index in [9.17, 15) is 18.8 Å². The van der Waals surface area contributed by atoms with Crippen molar-refractivity contribution in [3.63, 3.8) is 0 Å². The van der Waals surface area contributed by atoms with Gasteiger partial charge in [-0.05, 0) is 0 Å². The third kappa shape index (κ3) is 5.31.